The van der Waals surface area contributed by atoms with E-state index >= 15 is 0 Å². The van der Waals surface area contributed by atoms with Gasteiger partial charge in [-0.3, -0.25) is 19.2 Å². The quantitative estimate of drug-likeness (QED) is 0.434. The molecule has 0 saturated carbocycles. The van der Waals surface area contributed by atoms with E-state index in [1.165, 1.54) is 17.0 Å². The topological polar surface area (TPSA) is 108 Å². The van der Waals surface area contributed by atoms with Crippen molar-refractivity contribution in [3.05, 3.63) is 56.6 Å². The van der Waals surface area contributed by atoms with E-state index < -0.39 is 28.4 Å². The Bertz CT molecular complexity index is 1190. The van der Waals surface area contributed by atoms with Gasteiger partial charge in [0.25, 0.3) is 22.5 Å². The van der Waals surface area contributed by atoms with Crippen LogP contribution in [0.5, 0.6) is 0 Å². The van der Waals surface area contributed by atoms with Gasteiger partial charge in [-0.1, -0.05) is 12.6 Å². The summed E-state index contributed by atoms with van der Waals surface area (Å²) < 4.78 is 19.9. The van der Waals surface area contributed by atoms with Crippen LogP contribution in [0.2, 0.25) is 0 Å². The smallest absolute Gasteiger partial charge is 0.295 e. The second kappa shape index (κ2) is 9.76. The Kier molecular flexibility index (Phi) is 6.78. The lowest BCUT2D eigenvalue weighted by atomic mass is 9.99. The maximum atomic E-state index is 14.3. The normalized spacial score (nSPS) is 18.2. The van der Waals surface area contributed by atoms with Crippen LogP contribution in [0, 0.1) is 5.82 Å². The maximum absolute atomic E-state index is 14.3. The SMILES string of the molecule is C=C(C(=O)C(=O)N1CCN(c2c(NCC3CCCO3)c(=O)c2=O)CC1)c1c(F)cccc1NC. The molecule has 1 amide bonds. The molecule has 10 heteroatoms. The van der Waals surface area contributed by atoms with Gasteiger partial charge in [0.2, 0.25) is 0 Å². The van der Waals surface area contributed by atoms with E-state index in [-0.39, 0.29) is 49.1 Å². The lowest BCUT2D eigenvalue weighted by Crippen LogP contribution is -2.54. The lowest BCUT2D eigenvalue weighted by Gasteiger charge is -2.37. The largest absolute Gasteiger partial charge is 0.388 e. The zero-order valence-electron chi connectivity index (χ0n) is 19.0. The highest BCUT2D eigenvalue weighted by Crippen LogP contribution is 2.27. The molecule has 2 aromatic rings. The van der Waals surface area contributed by atoms with E-state index in [0.717, 1.165) is 12.8 Å². The number of nitrogens with zero attached hydrogens (tertiary/aromatic N) is 2. The summed E-state index contributed by atoms with van der Waals surface area (Å²) in [4.78, 5) is 53.0. The Morgan fingerprint density at radius 2 is 1.91 bits per heavy atom. The Labute approximate surface area is 195 Å². The third kappa shape index (κ3) is 4.33. The number of carbonyl (C=O) groups is 2. The number of amides is 1. The predicted octanol–water partition coefficient (Wildman–Crippen LogP) is 0.985. The molecule has 0 radical (unpaired) electrons. The molecule has 2 aliphatic rings. The highest BCUT2D eigenvalue weighted by molar-refractivity contribution is 6.53. The van der Waals surface area contributed by atoms with Gasteiger partial charge in [0.05, 0.1) is 6.10 Å². The van der Waals surface area contributed by atoms with Crippen LogP contribution in [0.15, 0.2) is 34.4 Å². The van der Waals surface area contributed by atoms with Crippen molar-refractivity contribution in [1.29, 1.82) is 0 Å². The summed E-state index contributed by atoms with van der Waals surface area (Å²) in [5, 5.41) is 5.84. The van der Waals surface area contributed by atoms with Gasteiger partial charge in [0, 0.05) is 63.2 Å². The first kappa shape index (κ1) is 23.6. The highest BCUT2D eigenvalue weighted by atomic mass is 19.1. The molecule has 34 heavy (non-hydrogen) atoms. The molecule has 180 valence electrons. The summed E-state index contributed by atoms with van der Waals surface area (Å²) in [7, 11) is 1.59. The molecule has 2 heterocycles. The fourth-order valence-electron chi connectivity index (χ4n) is 4.43. The van der Waals surface area contributed by atoms with Crippen molar-refractivity contribution < 1.29 is 18.7 Å². The molecule has 2 saturated heterocycles. The van der Waals surface area contributed by atoms with E-state index in [0.29, 0.717) is 24.5 Å². The Balaban J connectivity index is 1.39. The number of benzene rings is 1. The fourth-order valence-corrected chi connectivity index (χ4v) is 4.43. The second-order valence-electron chi connectivity index (χ2n) is 8.40. The van der Waals surface area contributed by atoms with Gasteiger partial charge >= 0.3 is 0 Å². The van der Waals surface area contributed by atoms with Gasteiger partial charge < -0.3 is 25.2 Å². The molecular formula is C24H27FN4O5. The number of halogens is 1. The van der Waals surface area contributed by atoms with Crippen molar-refractivity contribution in [3.8, 4) is 0 Å². The Morgan fingerprint density at radius 3 is 2.56 bits per heavy atom. The number of hydrogen-bond acceptors (Lipinski definition) is 8. The van der Waals surface area contributed by atoms with Gasteiger partial charge in [-0.05, 0) is 25.0 Å². The summed E-state index contributed by atoms with van der Waals surface area (Å²) in [6.45, 7) is 5.74. The third-order valence-electron chi connectivity index (χ3n) is 6.35. The van der Waals surface area contributed by atoms with Gasteiger partial charge in [-0.15, -0.1) is 0 Å². The van der Waals surface area contributed by atoms with E-state index in [4.69, 9.17) is 4.74 Å². The Morgan fingerprint density at radius 1 is 1.18 bits per heavy atom. The van der Waals surface area contributed by atoms with Gasteiger partial charge in [0.15, 0.2) is 0 Å². The molecule has 0 bridgehead atoms. The molecule has 9 nitrogen and oxygen atoms in total. The number of piperazine rings is 1. The molecule has 0 aromatic heterocycles. The molecule has 2 N–H and O–H groups in total. The summed E-state index contributed by atoms with van der Waals surface area (Å²) in [6.07, 6.45) is 1.89. The molecular weight excluding hydrogens is 443 g/mol. The van der Waals surface area contributed by atoms with Crippen molar-refractivity contribution in [2.75, 3.05) is 61.9 Å². The number of hydrogen-bond donors (Lipinski definition) is 2. The van der Waals surface area contributed by atoms with Crippen molar-refractivity contribution in [2.45, 2.75) is 18.9 Å². The van der Waals surface area contributed by atoms with Crippen LogP contribution in [0.3, 0.4) is 0 Å². The van der Waals surface area contributed by atoms with Crippen molar-refractivity contribution in [1.82, 2.24) is 4.90 Å². The van der Waals surface area contributed by atoms with Crippen molar-refractivity contribution in [2.24, 2.45) is 0 Å². The molecule has 2 fully saturated rings. The zero-order valence-corrected chi connectivity index (χ0v) is 19.0. The number of Topliss-reactive ketones (excluding diaryl/α,β-unsaturated/α-hetero) is 1. The Hall–Kier alpha value is -3.53. The van der Waals surface area contributed by atoms with E-state index in [1.807, 2.05) is 0 Å². The van der Waals surface area contributed by atoms with Crippen LogP contribution in [-0.4, -0.2) is 69.1 Å². The molecule has 0 aliphatic carbocycles. The second-order valence-corrected chi connectivity index (χ2v) is 8.40. The summed E-state index contributed by atoms with van der Waals surface area (Å²) in [5.41, 5.74) is -0.411. The fraction of sp³-hybridized carbons (Fsp3) is 0.417. The van der Waals surface area contributed by atoms with Crippen LogP contribution < -0.4 is 26.4 Å². The van der Waals surface area contributed by atoms with Gasteiger partial charge in [-0.25, -0.2) is 4.39 Å². The van der Waals surface area contributed by atoms with E-state index in [1.54, 1.807) is 18.0 Å². The minimum atomic E-state index is -0.886. The van der Waals surface area contributed by atoms with Crippen LogP contribution in [-0.2, 0) is 14.3 Å². The summed E-state index contributed by atoms with van der Waals surface area (Å²) in [6, 6.07) is 4.29. The van der Waals surface area contributed by atoms with Crippen LogP contribution in [0.4, 0.5) is 21.5 Å². The first-order valence-corrected chi connectivity index (χ1v) is 11.3. The van der Waals surface area contributed by atoms with Crippen LogP contribution in [0.25, 0.3) is 5.57 Å². The number of nitrogens with one attached hydrogen (secondary N) is 2. The maximum Gasteiger partial charge on any atom is 0.295 e. The van der Waals surface area contributed by atoms with Gasteiger partial charge in [0.1, 0.15) is 17.2 Å². The molecule has 1 atom stereocenters. The number of carbonyl (C=O) groups excluding carboxylic acids is 2. The number of rotatable bonds is 8. The molecule has 0 spiro atoms. The lowest BCUT2D eigenvalue weighted by molar-refractivity contribution is -0.142. The average Bonchev–Trinajstić information content (AvgIpc) is 3.38. The van der Waals surface area contributed by atoms with Gasteiger partial charge in [-0.2, -0.15) is 0 Å². The summed E-state index contributed by atoms with van der Waals surface area (Å²) >= 11 is 0. The van der Waals surface area contributed by atoms with Crippen LogP contribution >= 0.6 is 0 Å². The van der Waals surface area contributed by atoms with E-state index in [2.05, 4.69) is 17.2 Å². The van der Waals surface area contributed by atoms with Crippen molar-refractivity contribution in [3.63, 3.8) is 0 Å². The third-order valence-corrected chi connectivity index (χ3v) is 6.35. The monoisotopic (exact) mass is 470 g/mol. The minimum absolute atomic E-state index is 0.0173. The summed E-state index contributed by atoms with van der Waals surface area (Å²) in [5.74, 6) is -2.31. The average molecular weight is 471 g/mol. The number of ketones is 1. The number of ether oxygens (including phenoxy) is 1. The first-order valence-electron chi connectivity index (χ1n) is 11.3. The van der Waals surface area contributed by atoms with Crippen molar-refractivity contribution >= 4 is 34.3 Å². The minimum Gasteiger partial charge on any atom is -0.388 e. The zero-order chi connectivity index (χ0) is 24.4. The standard InChI is InChI=1S/C24H27FN4O5/c1-14(18-16(25)6-3-7-17(18)26-2)21(30)24(33)29-10-8-28(9-11-29)20-19(22(31)23(20)32)27-13-15-5-4-12-34-15/h3,6-7,15,26-27H,1,4-5,8-13H2,2H3. The van der Waals surface area contributed by atoms with E-state index in [9.17, 15) is 23.6 Å². The highest BCUT2D eigenvalue weighted by Gasteiger charge is 2.33. The predicted molar refractivity (Wildman–Crippen MR) is 128 cm³/mol. The number of anilines is 3. The van der Waals surface area contributed by atoms with Crippen LogP contribution in [0.1, 0.15) is 18.4 Å². The first-order chi connectivity index (χ1) is 16.3. The molecule has 2 aromatic carbocycles. The molecule has 2 aliphatic heterocycles. The molecule has 1 unspecified atom stereocenters. The molecule has 4 rings (SSSR count).